The Bertz CT molecular complexity index is 604. The fraction of sp³-hybridized carbons (Fsp3) is 0.294. The van der Waals surface area contributed by atoms with E-state index in [0.29, 0.717) is 0 Å². The van der Waals surface area contributed by atoms with E-state index in [4.69, 9.17) is 0 Å². The summed E-state index contributed by atoms with van der Waals surface area (Å²) < 4.78 is 13.1. The van der Waals surface area contributed by atoms with Crippen LogP contribution in [0.1, 0.15) is 28.7 Å². The number of fused-ring (bicyclic) bond motifs is 1. The average molecular weight is 255 g/mol. The first-order valence-corrected chi connectivity index (χ1v) is 6.84. The summed E-state index contributed by atoms with van der Waals surface area (Å²) in [6.45, 7) is 3.04. The van der Waals surface area contributed by atoms with Crippen molar-refractivity contribution in [1.29, 1.82) is 0 Å². The summed E-state index contributed by atoms with van der Waals surface area (Å²) in [6, 6.07) is 11.5. The highest BCUT2D eigenvalue weighted by Gasteiger charge is 2.13. The molecule has 0 spiro atoms. The van der Waals surface area contributed by atoms with Gasteiger partial charge in [0.15, 0.2) is 0 Å². The van der Waals surface area contributed by atoms with Gasteiger partial charge in [-0.25, -0.2) is 4.39 Å². The predicted octanol–water partition coefficient (Wildman–Crippen LogP) is 4.08. The number of hydrogen-bond acceptors (Lipinski definition) is 1. The number of nitrogens with one attached hydrogen (secondary N) is 1. The molecule has 0 fully saturated rings. The normalized spacial score (nSPS) is 13.8. The third-order valence-corrected chi connectivity index (χ3v) is 3.88. The summed E-state index contributed by atoms with van der Waals surface area (Å²) in [5.74, 6) is -0.155. The zero-order valence-corrected chi connectivity index (χ0v) is 11.2. The zero-order chi connectivity index (χ0) is 13.2. The molecule has 2 aromatic rings. The number of halogens is 1. The summed E-state index contributed by atoms with van der Waals surface area (Å²) in [4.78, 5) is 0. The molecule has 1 aliphatic heterocycles. The van der Waals surface area contributed by atoms with Crippen LogP contribution in [0, 0.1) is 12.7 Å². The molecule has 1 nitrogen and oxygen atoms in total. The summed E-state index contributed by atoms with van der Waals surface area (Å²) in [6.07, 6.45) is 3.21. The van der Waals surface area contributed by atoms with Crippen LogP contribution in [0.3, 0.4) is 0 Å². The molecule has 19 heavy (non-hydrogen) atoms. The minimum absolute atomic E-state index is 0.155. The fourth-order valence-electron chi connectivity index (χ4n) is 2.81. The Balaban J connectivity index is 1.95. The van der Waals surface area contributed by atoms with E-state index in [1.165, 1.54) is 28.8 Å². The molecule has 2 heteroatoms. The second-order valence-electron chi connectivity index (χ2n) is 5.22. The predicted molar refractivity (Wildman–Crippen MR) is 77.2 cm³/mol. The van der Waals surface area contributed by atoms with Gasteiger partial charge in [-0.3, -0.25) is 0 Å². The molecule has 0 bridgehead atoms. The molecule has 98 valence electrons. The van der Waals surface area contributed by atoms with Crippen molar-refractivity contribution in [1.82, 2.24) is 0 Å². The minimum atomic E-state index is -0.155. The highest BCUT2D eigenvalue weighted by Crippen LogP contribution is 2.27. The second kappa shape index (κ2) is 5.04. The topological polar surface area (TPSA) is 12.0 Å². The lowest BCUT2D eigenvalue weighted by Crippen LogP contribution is -2.13. The van der Waals surface area contributed by atoms with Crippen LogP contribution < -0.4 is 5.32 Å². The van der Waals surface area contributed by atoms with Gasteiger partial charge in [0.1, 0.15) is 5.82 Å². The first-order valence-electron chi connectivity index (χ1n) is 6.84. The molecule has 1 aliphatic rings. The number of benzene rings is 2. The molecule has 0 aliphatic carbocycles. The van der Waals surface area contributed by atoms with Crippen molar-refractivity contribution in [2.45, 2.75) is 26.2 Å². The molecule has 0 aromatic heterocycles. The Labute approximate surface area is 113 Å². The maximum atomic E-state index is 13.1. The van der Waals surface area contributed by atoms with Crippen molar-refractivity contribution in [2.75, 3.05) is 11.9 Å². The van der Waals surface area contributed by atoms with Crippen molar-refractivity contribution in [3.63, 3.8) is 0 Å². The SMILES string of the molecule is Cc1cc(F)ccc1Cc1cccc2c1CCCN2. The van der Waals surface area contributed by atoms with E-state index in [0.717, 1.165) is 24.9 Å². The molecule has 0 saturated heterocycles. The monoisotopic (exact) mass is 255 g/mol. The second-order valence-corrected chi connectivity index (χ2v) is 5.22. The van der Waals surface area contributed by atoms with Crippen molar-refractivity contribution >= 4 is 5.69 Å². The maximum absolute atomic E-state index is 13.1. The van der Waals surface area contributed by atoms with Gasteiger partial charge in [-0.2, -0.15) is 0 Å². The van der Waals surface area contributed by atoms with Gasteiger partial charge >= 0.3 is 0 Å². The number of hydrogen-bond donors (Lipinski definition) is 1. The van der Waals surface area contributed by atoms with E-state index in [9.17, 15) is 4.39 Å². The zero-order valence-electron chi connectivity index (χ0n) is 11.2. The fourth-order valence-corrected chi connectivity index (χ4v) is 2.81. The molecule has 0 saturated carbocycles. The third kappa shape index (κ3) is 2.48. The van der Waals surface area contributed by atoms with Crippen LogP contribution in [-0.4, -0.2) is 6.54 Å². The van der Waals surface area contributed by atoms with E-state index in [1.807, 2.05) is 13.0 Å². The highest BCUT2D eigenvalue weighted by atomic mass is 19.1. The van der Waals surface area contributed by atoms with Crippen LogP contribution in [0.4, 0.5) is 10.1 Å². The molecular weight excluding hydrogens is 237 g/mol. The van der Waals surface area contributed by atoms with E-state index >= 15 is 0 Å². The number of rotatable bonds is 2. The summed E-state index contributed by atoms with van der Waals surface area (Å²) in [5.41, 5.74) is 6.29. The molecule has 0 radical (unpaired) electrons. The molecule has 0 amide bonds. The van der Waals surface area contributed by atoms with Crippen LogP contribution in [0.25, 0.3) is 0 Å². The Morgan fingerprint density at radius 3 is 2.89 bits per heavy atom. The Hall–Kier alpha value is -1.83. The molecule has 1 N–H and O–H groups in total. The van der Waals surface area contributed by atoms with Crippen LogP contribution in [-0.2, 0) is 12.8 Å². The van der Waals surface area contributed by atoms with Crippen LogP contribution in [0.2, 0.25) is 0 Å². The largest absolute Gasteiger partial charge is 0.385 e. The van der Waals surface area contributed by atoms with Crippen LogP contribution in [0.15, 0.2) is 36.4 Å². The number of anilines is 1. The van der Waals surface area contributed by atoms with Crippen molar-refractivity contribution in [3.8, 4) is 0 Å². The van der Waals surface area contributed by atoms with E-state index < -0.39 is 0 Å². The van der Waals surface area contributed by atoms with Crippen LogP contribution >= 0.6 is 0 Å². The Kier molecular flexibility index (Phi) is 3.24. The maximum Gasteiger partial charge on any atom is 0.123 e. The van der Waals surface area contributed by atoms with Gasteiger partial charge in [0.05, 0.1) is 0 Å². The smallest absolute Gasteiger partial charge is 0.123 e. The lowest BCUT2D eigenvalue weighted by Gasteiger charge is -2.21. The van der Waals surface area contributed by atoms with E-state index in [-0.39, 0.29) is 5.82 Å². The van der Waals surface area contributed by atoms with Gasteiger partial charge in [-0.05, 0) is 66.6 Å². The molecule has 2 aromatic carbocycles. The van der Waals surface area contributed by atoms with Gasteiger partial charge in [0.25, 0.3) is 0 Å². The van der Waals surface area contributed by atoms with E-state index in [1.54, 1.807) is 12.1 Å². The molecule has 3 rings (SSSR count). The van der Waals surface area contributed by atoms with Gasteiger partial charge < -0.3 is 5.32 Å². The molecule has 0 atom stereocenters. The summed E-state index contributed by atoms with van der Waals surface area (Å²) >= 11 is 0. The van der Waals surface area contributed by atoms with Crippen molar-refractivity contribution < 1.29 is 4.39 Å². The summed E-state index contributed by atoms with van der Waals surface area (Å²) in [5, 5.41) is 3.45. The van der Waals surface area contributed by atoms with Crippen molar-refractivity contribution in [2.24, 2.45) is 0 Å². The van der Waals surface area contributed by atoms with Gasteiger partial charge in [0.2, 0.25) is 0 Å². The first kappa shape index (κ1) is 12.2. The van der Waals surface area contributed by atoms with E-state index in [2.05, 4.69) is 23.5 Å². The van der Waals surface area contributed by atoms with Gasteiger partial charge in [-0.15, -0.1) is 0 Å². The van der Waals surface area contributed by atoms with Crippen LogP contribution in [0.5, 0.6) is 0 Å². The number of aryl methyl sites for hydroxylation is 1. The highest BCUT2D eigenvalue weighted by molar-refractivity contribution is 5.57. The summed E-state index contributed by atoms with van der Waals surface area (Å²) in [7, 11) is 0. The standard InChI is InChI=1S/C17H18FN/c1-12-10-15(18)8-7-13(12)11-14-4-2-6-17-16(14)5-3-9-19-17/h2,4,6-8,10,19H,3,5,9,11H2,1H3. The van der Waals surface area contributed by atoms with Gasteiger partial charge in [0, 0.05) is 12.2 Å². The van der Waals surface area contributed by atoms with Crippen molar-refractivity contribution in [3.05, 3.63) is 64.5 Å². The Morgan fingerprint density at radius 2 is 2.05 bits per heavy atom. The lowest BCUT2D eigenvalue weighted by molar-refractivity contribution is 0.626. The lowest BCUT2D eigenvalue weighted by atomic mass is 9.92. The molecule has 0 unspecified atom stereocenters. The first-order chi connectivity index (χ1) is 9.24. The third-order valence-electron chi connectivity index (χ3n) is 3.88. The average Bonchev–Trinajstić information content (AvgIpc) is 2.42. The quantitative estimate of drug-likeness (QED) is 0.852. The Morgan fingerprint density at radius 1 is 1.16 bits per heavy atom. The van der Waals surface area contributed by atoms with Gasteiger partial charge in [-0.1, -0.05) is 18.2 Å². The molecular formula is C17H18FN. The minimum Gasteiger partial charge on any atom is -0.385 e. The molecule has 1 heterocycles.